The van der Waals surface area contributed by atoms with E-state index in [-0.39, 0.29) is 0 Å². The molecule has 0 aromatic heterocycles. The van der Waals surface area contributed by atoms with Crippen molar-refractivity contribution in [1.82, 2.24) is 0 Å². The quantitative estimate of drug-likeness (QED) is 0.287. The van der Waals surface area contributed by atoms with Crippen molar-refractivity contribution in [3.63, 3.8) is 0 Å². The molecule has 0 bridgehead atoms. The molecule has 0 unspecified atom stereocenters. The van der Waals surface area contributed by atoms with E-state index in [1.165, 1.54) is 49.7 Å². The van der Waals surface area contributed by atoms with Gasteiger partial charge in [0.15, 0.2) is 0 Å². The molecule has 1 N–H and O–H groups in total. The van der Waals surface area contributed by atoms with Gasteiger partial charge in [0.1, 0.15) is 5.76 Å². The summed E-state index contributed by atoms with van der Waals surface area (Å²) in [6.45, 7) is 7.45. The Bertz CT molecular complexity index is 572. The number of methoxy groups -OCH3 is 1. The number of hydrogen-bond donors (Lipinski definition) is 1. The van der Waals surface area contributed by atoms with Crippen LogP contribution in [0.4, 0.5) is 5.69 Å². The van der Waals surface area contributed by atoms with Crippen molar-refractivity contribution in [2.45, 2.75) is 77.7 Å². The third-order valence-electron chi connectivity index (χ3n) is 5.19. The Balaban J connectivity index is 0.00000145. The Hall–Kier alpha value is -1.52. The summed E-state index contributed by atoms with van der Waals surface area (Å²) < 4.78 is 17.0. The largest absolute Gasteiger partial charge is 0.493 e. The van der Waals surface area contributed by atoms with Crippen LogP contribution in [0.1, 0.15) is 77.2 Å². The van der Waals surface area contributed by atoms with E-state index in [4.69, 9.17) is 14.2 Å². The molecule has 3 rings (SSSR count). The second kappa shape index (κ2) is 14.5. The smallest absolute Gasteiger partial charge is 0.125 e. The highest BCUT2D eigenvalue weighted by Gasteiger charge is 2.21. The number of nitrogens with one attached hydrogen (secondary N) is 1. The first-order chi connectivity index (χ1) is 14.4. The summed E-state index contributed by atoms with van der Waals surface area (Å²) in [7, 11) is 1.74. The van der Waals surface area contributed by atoms with Gasteiger partial charge in [-0.2, -0.15) is 0 Å². The highest BCUT2D eigenvalue weighted by atomic mass is 16.5. The maximum atomic E-state index is 6.23. The van der Waals surface area contributed by atoms with Crippen LogP contribution in [0.15, 0.2) is 29.8 Å². The molecule has 0 radical (unpaired) electrons. The lowest BCUT2D eigenvalue weighted by Crippen LogP contribution is -2.07. The standard InChI is InChI=1S/C23H35NO3.C2H6/c1-25-16-6-15-24-21-11-9-20(10-12-21)23(19-7-5-8-19)27-18-4-2-3-17-26-22-13-14-22;1-2/h9-12,22,24H,2-8,13-18H2,1H3;1-2H3. The Labute approximate surface area is 178 Å². The lowest BCUT2D eigenvalue weighted by molar-refractivity contribution is 0.114. The summed E-state index contributed by atoms with van der Waals surface area (Å²) >= 11 is 0. The minimum atomic E-state index is 0.577. The fraction of sp³-hybridized carbons (Fsp3) is 0.680. The number of benzene rings is 1. The van der Waals surface area contributed by atoms with Crippen molar-refractivity contribution in [1.29, 1.82) is 0 Å². The molecule has 0 amide bonds. The number of ether oxygens (including phenoxy) is 3. The molecule has 2 saturated carbocycles. The van der Waals surface area contributed by atoms with Crippen LogP contribution < -0.4 is 5.32 Å². The van der Waals surface area contributed by atoms with E-state index in [1.54, 1.807) is 7.11 Å². The highest BCUT2D eigenvalue weighted by molar-refractivity contribution is 5.66. The zero-order chi connectivity index (χ0) is 20.7. The van der Waals surface area contributed by atoms with Gasteiger partial charge >= 0.3 is 0 Å². The van der Waals surface area contributed by atoms with Crippen LogP contribution >= 0.6 is 0 Å². The maximum absolute atomic E-state index is 6.23. The molecule has 0 aliphatic heterocycles. The first-order valence-electron chi connectivity index (χ1n) is 11.7. The summed E-state index contributed by atoms with van der Waals surface area (Å²) in [4.78, 5) is 0. The van der Waals surface area contributed by atoms with E-state index in [2.05, 4.69) is 29.6 Å². The summed E-state index contributed by atoms with van der Waals surface area (Å²) in [6.07, 6.45) is 11.2. The number of anilines is 1. The molecule has 2 aliphatic carbocycles. The van der Waals surface area contributed by atoms with Crippen LogP contribution in [0, 0.1) is 0 Å². The molecule has 1 aromatic rings. The Morgan fingerprint density at radius 3 is 2.28 bits per heavy atom. The normalized spacial score (nSPS) is 15.2. The van der Waals surface area contributed by atoms with Gasteiger partial charge in [0.2, 0.25) is 0 Å². The monoisotopic (exact) mass is 403 g/mol. The van der Waals surface area contributed by atoms with E-state index in [0.717, 1.165) is 57.1 Å². The third-order valence-corrected chi connectivity index (χ3v) is 5.19. The predicted octanol–water partition coefficient (Wildman–Crippen LogP) is 6.42. The van der Waals surface area contributed by atoms with Gasteiger partial charge in [0, 0.05) is 38.1 Å². The van der Waals surface area contributed by atoms with Crippen LogP contribution in [0.5, 0.6) is 0 Å². The zero-order valence-corrected chi connectivity index (χ0v) is 18.8. The van der Waals surface area contributed by atoms with Crippen LogP contribution in [-0.2, 0) is 14.2 Å². The molecule has 4 nitrogen and oxygen atoms in total. The summed E-state index contributed by atoms with van der Waals surface area (Å²) in [5.41, 5.74) is 3.85. The fourth-order valence-electron chi connectivity index (χ4n) is 3.20. The molecular formula is C25H41NO3. The van der Waals surface area contributed by atoms with E-state index >= 15 is 0 Å². The van der Waals surface area contributed by atoms with E-state index < -0.39 is 0 Å². The van der Waals surface area contributed by atoms with E-state index in [0.29, 0.717) is 6.10 Å². The van der Waals surface area contributed by atoms with Gasteiger partial charge in [-0.1, -0.05) is 13.8 Å². The molecule has 29 heavy (non-hydrogen) atoms. The van der Waals surface area contributed by atoms with Crippen LogP contribution in [-0.4, -0.2) is 39.6 Å². The third kappa shape index (κ3) is 9.22. The molecule has 1 aromatic carbocycles. The average molecular weight is 404 g/mol. The molecule has 2 aliphatic rings. The molecule has 4 heteroatoms. The molecule has 0 saturated heterocycles. The van der Waals surface area contributed by atoms with Crippen molar-refractivity contribution >= 4 is 11.4 Å². The minimum Gasteiger partial charge on any atom is -0.493 e. The minimum absolute atomic E-state index is 0.577. The topological polar surface area (TPSA) is 39.7 Å². The van der Waals surface area contributed by atoms with Gasteiger partial charge in [-0.25, -0.2) is 0 Å². The van der Waals surface area contributed by atoms with Gasteiger partial charge in [0.05, 0.1) is 12.7 Å². The molecule has 0 spiro atoms. The summed E-state index contributed by atoms with van der Waals surface area (Å²) in [6, 6.07) is 8.67. The number of allylic oxidation sites excluding steroid dienone is 1. The Kier molecular flexibility index (Phi) is 11.8. The number of rotatable bonds is 14. The number of unbranched alkanes of at least 4 members (excludes halogenated alkanes) is 2. The predicted molar refractivity (Wildman–Crippen MR) is 122 cm³/mol. The highest BCUT2D eigenvalue weighted by Crippen LogP contribution is 2.34. The summed E-state index contributed by atoms with van der Waals surface area (Å²) in [5, 5.41) is 3.44. The molecule has 0 atom stereocenters. The number of hydrogen-bond acceptors (Lipinski definition) is 4. The van der Waals surface area contributed by atoms with Crippen LogP contribution in [0.2, 0.25) is 0 Å². The van der Waals surface area contributed by atoms with Gasteiger partial charge in [0.25, 0.3) is 0 Å². The molecular weight excluding hydrogens is 362 g/mol. The van der Waals surface area contributed by atoms with E-state index in [9.17, 15) is 0 Å². The second-order valence-electron chi connectivity index (χ2n) is 7.62. The van der Waals surface area contributed by atoms with Crippen molar-refractivity contribution in [2.24, 2.45) is 0 Å². The summed E-state index contributed by atoms with van der Waals surface area (Å²) in [5.74, 6) is 1.13. The van der Waals surface area contributed by atoms with Gasteiger partial charge in [-0.15, -0.1) is 0 Å². The molecule has 2 fully saturated rings. The lowest BCUT2D eigenvalue weighted by atomic mass is 9.89. The fourth-order valence-corrected chi connectivity index (χ4v) is 3.20. The van der Waals surface area contributed by atoms with Crippen molar-refractivity contribution in [2.75, 3.05) is 38.8 Å². The zero-order valence-electron chi connectivity index (χ0n) is 18.8. The van der Waals surface area contributed by atoms with Crippen molar-refractivity contribution in [3.05, 3.63) is 35.4 Å². The Morgan fingerprint density at radius 1 is 0.931 bits per heavy atom. The first-order valence-corrected chi connectivity index (χ1v) is 11.7. The van der Waals surface area contributed by atoms with E-state index in [1.807, 2.05) is 13.8 Å². The first kappa shape index (κ1) is 23.8. The van der Waals surface area contributed by atoms with Crippen LogP contribution in [0.3, 0.4) is 0 Å². The van der Waals surface area contributed by atoms with Crippen LogP contribution in [0.25, 0.3) is 5.76 Å². The van der Waals surface area contributed by atoms with Crippen molar-refractivity contribution in [3.8, 4) is 0 Å². The molecule has 0 heterocycles. The lowest BCUT2D eigenvalue weighted by Gasteiger charge is -2.23. The van der Waals surface area contributed by atoms with Crippen molar-refractivity contribution < 1.29 is 14.2 Å². The van der Waals surface area contributed by atoms with Gasteiger partial charge in [-0.3, -0.25) is 0 Å². The second-order valence-corrected chi connectivity index (χ2v) is 7.62. The maximum Gasteiger partial charge on any atom is 0.125 e. The van der Waals surface area contributed by atoms with Gasteiger partial charge < -0.3 is 19.5 Å². The molecule has 164 valence electrons. The average Bonchev–Trinajstić information content (AvgIpc) is 3.55. The van der Waals surface area contributed by atoms with Gasteiger partial charge in [-0.05, 0) is 87.6 Å². The Morgan fingerprint density at radius 2 is 1.66 bits per heavy atom. The SMILES string of the molecule is CC.COCCCNc1ccc(C(OCCCCCOC2CC2)=C2CCC2)cc1.